The molecule has 0 aliphatic heterocycles. The maximum atomic E-state index is 11.2. The average molecular weight is 204 g/mol. The molecule has 78 valence electrons. The molecule has 0 unspecified atom stereocenters. The van der Waals surface area contributed by atoms with E-state index in [0.29, 0.717) is 6.42 Å². The lowest BCUT2D eigenvalue weighted by atomic mass is 10.2. The van der Waals surface area contributed by atoms with E-state index in [1.165, 1.54) is 0 Å². The molecule has 3 nitrogen and oxygen atoms in total. The van der Waals surface area contributed by atoms with E-state index in [2.05, 4.69) is 30.7 Å². The van der Waals surface area contributed by atoms with Gasteiger partial charge in [0.25, 0.3) is 0 Å². The van der Waals surface area contributed by atoms with Crippen LogP contribution in [0.15, 0.2) is 0 Å². The highest BCUT2D eigenvalue weighted by Gasteiger charge is 2.16. The van der Waals surface area contributed by atoms with Crippen molar-refractivity contribution in [1.82, 2.24) is 10.6 Å². The number of hydrogen-bond donors (Lipinski definition) is 2. The molecule has 0 radical (unpaired) electrons. The Bertz CT molecular complexity index is 160. The van der Waals surface area contributed by atoms with E-state index < -0.39 is 0 Å². The van der Waals surface area contributed by atoms with Crippen molar-refractivity contribution in [3.05, 3.63) is 0 Å². The first-order chi connectivity index (χ1) is 6.02. The van der Waals surface area contributed by atoms with Gasteiger partial charge in [0.05, 0.1) is 0 Å². The number of hydrogen-bond acceptors (Lipinski definition) is 3. The monoisotopic (exact) mass is 204 g/mol. The highest BCUT2D eigenvalue weighted by atomic mass is 32.2. The second-order valence-corrected chi connectivity index (χ2v) is 5.11. The Morgan fingerprint density at radius 2 is 2.08 bits per heavy atom. The maximum Gasteiger partial charge on any atom is 0.221 e. The van der Waals surface area contributed by atoms with Gasteiger partial charge >= 0.3 is 0 Å². The second kappa shape index (κ2) is 6.27. The van der Waals surface area contributed by atoms with Gasteiger partial charge < -0.3 is 10.6 Å². The van der Waals surface area contributed by atoms with Crippen LogP contribution >= 0.6 is 11.8 Å². The van der Waals surface area contributed by atoms with Gasteiger partial charge in [-0.3, -0.25) is 4.79 Å². The predicted octanol–water partition coefficient (Wildman–Crippen LogP) is 0.854. The Labute approximate surface area is 85.0 Å². The Hall–Kier alpha value is -0.220. The molecule has 0 saturated heterocycles. The van der Waals surface area contributed by atoms with Crippen LogP contribution in [0.1, 0.15) is 20.3 Å². The molecule has 0 fully saturated rings. The predicted molar refractivity (Wildman–Crippen MR) is 59.1 cm³/mol. The summed E-state index contributed by atoms with van der Waals surface area (Å²) in [7, 11) is 1.85. The summed E-state index contributed by atoms with van der Waals surface area (Å²) in [6, 6.07) is 0. The molecule has 0 atom stereocenters. The van der Waals surface area contributed by atoms with Crippen molar-refractivity contribution < 1.29 is 4.79 Å². The molecule has 0 rings (SSSR count). The fourth-order valence-electron chi connectivity index (χ4n) is 0.711. The summed E-state index contributed by atoms with van der Waals surface area (Å²) in [4.78, 5) is 11.2. The van der Waals surface area contributed by atoms with Gasteiger partial charge in [0.2, 0.25) is 5.91 Å². The second-order valence-electron chi connectivity index (χ2n) is 3.59. The van der Waals surface area contributed by atoms with Crippen molar-refractivity contribution >= 4 is 17.7 Å². The summed E-state index contributed by atoms with van der Waals surface area (Å²) in [6.45, 7) is 5.72. The lowest BCUT2D eigenvalue weighted by Gasteiger charge is -2.22. The zero-order valence-corrected chi connectivity index (χ0v) is 9.75. The van der Waals surface area contributed by atoms with Crippen molar-refractivity contribution in [2.45, 2.75) is 25.0 Å². The highest BCUT2D eigenvalue weighted by molar-refractivity contribution is 7.99. The first-order valence-corrected chi connectivity index (χ1v) is 5.71. The van der Waals surface area contributed by atoms with Gasteiger partial charge in [-0.25, -0.2) is 0 Å². The van der Waals surface area contributed by atoms with Crippen molar-refractivity contribution in [3.8, 4) is 0 Å². The van der Waals surface area contributed by atoms with Crippen molar-refractivity contribution in [2.24, 2.45) is 0 Å². The normalized spacial score (nSPS) is 11.4. The molecule has 0 bridgehead atoms. The molecule has 0 aromatic carbocycles. The Balaban J connectivity index is 3.57. The third-order valence-corrected chi connectivity index (χ3v) is 3.12. The van der Waals surface area contributed by atoms with Gasteiger partial charge in [-0.2, -0.15) is 11.8 Å². The van der Waals surface area contributed by atoms with Crippen LogP contribution < -0.4 is 10.6 Å². The number of carbonyl (C=O) groups is 1. The largest absolute Gasteiger partial charge is 0.355 e. The minimum atomic E-state index is 0.122. The molecule has 0 aromatic rings. The lowest BCUT2D eigenvalue weighted by Crippen LogP contribution is -2.36. The first-order valence-electron chi connectivity index (χ1n) is 4.48. The van der Waals surface area contributed by atoms with Gasteiger partial charge in [-0.15, -0.1) is 0 Å². The van der Waals surface area contributed by atoms with Crippen LogP contribution in [-0.2, 0) is 4.79 Å². The summed E-state index contributed by atoms with van der Waals surface area (Å²) in [5.41, 5.74) is 0. The Morgan fingerprint density at radius 1 is 1.46 bits per heavy atom. The van der Waals surface area contributed by atoms with Gasteiger partial charge in [0.1, 0.15) is 0 Å². The van der Waals surface area contributed by atoms with Crippen LogP contribution in [0.4, 0.5) is 0 Å². The molecular weight excluding hydrogens is 184 g/mol. The van der Waals surface area contributed by atoms with Gasteiger partial charge in [-0.05, 0) is 27.2 Å². The zero-order valence-electron chi connectivity index (χ0n) is 8.94. The molecule has 0 aliphatic rings. The van der Waals surface area contributed by atoms with E-state index in [1.807, 2.05) is 7.05 Å². The molecule has 4 heteroatoms. The fourth-order valence-corrected chi connectivity index (χ4v) is 0.927. The zero-order chi connectivity index (χ0) is 10.3. The molecule has 1 amide bonds. The van der Waals surface area contributed by atoms with Crippen LogP contribution in [0, 0.1) is 0 Å². The van der Waals surface area contributed by atoms with Gasteiger partial charge in [0, 0.05) is 24.3 Å². The number of amides is 1. The van der Waals surface area contributed by atoms with Crippen LogP contribution in [0.25, 0.3) is 0 Å². The summed E-state index contributed by atoms with van der Waals surface area (Å²) in [6.07, 6.45) is 2.61. The SMILES string of the molecule is CNCCC(=O)NCC(C)(C)SC. The molecule has 13 heavy (non-hydrogen) atoms. The minimum Gasteiger partial charge on any atom is -0.355 e. The van der Waals surface area contributed by atoms with Crippen LogP contribution in [0.2, 0.25) is 0 Å². The molecule has 0 aromatic heterocycles. The number of thioether (sulfide) groups is 1. The molecule has 0 heterocycles. The Kier molecular flexibility index (Phi) is 6.16. The van der Waals surface area contributed by atoms with E-state index in [4.69, 9.17) is 0 Å². The van der Waals surface area contributed by atoms with Crippen molar-refractivity contribution in [2.75, 3.05) is 26.4 Å². The quantitative estimate of drug-likeness (QED) is 0.674. The first kappa shape index (κ1) is 12.8. The number of rotatable bonds is 6. The molecule has 2 N–H and O–H groups in total. The molecule has 0 aliphatic carbocycles. The van der Waals surface area contributed by atoms with E-state index in [-0.39, 0.29) is 10.7 Å². The average Bonchev–Trinajstić information content (AvgIpc) is 2.11. The van der Waals surface area contributed by atoms with Gasteiger partial charge in [-0.1, -0.05) is 0 Å². The smallest absolute Gasteiger partial charge is 0.221 e. The maximum absolute atomic E-state index is 11.2. The third-order valence-electron chi connectivity index (χ3n) is 1.87. The van der Waals surface area contributed by atoms with Crippen molar-refractivity contribution in [3.63, 3.8) is 0 Å². The lowest BCUT2D eigenvalue weighted by molar-refractivity contribution is -0.121. The van der Waals surface area contributed by atoms with Crippen LogP contribution in [0.3, 0.4) is 0 Å². The number of nitrogens with one attached hydrogen (secondary N) is 2. The summed E-state index contributed by atoms with van der Waals surface area (Å²) < 4.78 is 0.134. The van der Waals surface area contributed by atoms with E-state index in [0.717, 1.165) is 13.1 Å². The van der Waals surface area contributed by atoms with E-state index in [1.54, 1.807) is 11.8 Å². The van der Waals surface area contributed by atoms with Crippen LogP contribution in [-0.4, -0.2) is 37.0 Å². The van der Waals surface area contributed by atoms with E-state index in [9.17, 15) is 4.79 Å². The molecule has 0 spiro atoms. The summed E-state index contributed by atoms with van der Waals surface area (Å²) in [5, 5.41) is 5.85. The van der Waals surface area contributed by atoms with E-state index >= 15 is 0 Å². The fraction of sp³-hybridized carbons (Fsp3) is 0.889. The summed E-state index contributed by atoms with van der Waals surface area (Å²) >= 11 is 1.76. The third kappa shape index (κ3) is 6.90. The minimum absolute atomic E-state index is 0.122. The summed E-state index contributed by atoms with van der Waals surface area (Å²) in [5.74, 6) is 0.122. The topological polar surface area (TPSA) is 41.1 Å². The van der Waals surface area contributed by atoms with Crippen LogP contribution in [0.5, 0.6) is 0 Å². The van der Waals surface area contributed by atoms with Gasteiger partial charge in [0.15, 0.2) is 0 Å². The number of carbonyl (C=O) groups excluding carboxylic acids is 1. The molecular formula is C9H20N2OS. The molecule has 0 saturated carbocycles. The standard InChI is InChI=1S/C9H20N2OS/c1-9(2,13-4)7-11-8(12)5-6-10-3/h10H,5-7H2,1-4H3,(H,11,12). The highest BCUT2D eigenvalue weighted by Crippen LogP contribution is 2.19. The Morgan fingerprint density at radius 3 is 2.54 bits per heavy atom. The van der Waals surface area contributed by atoms with Crippen molar-refractivity contribution in [1.29, 1.82) is 0 Å².